The van der Waals surface area contributed by atoms with E-state index in [2.05, 4.69) is 20.8 Å². The molecule has 0 saturated carbocycles. The molecule has 0 bridgehead atoms. The first-order chi connectivity index (χ1) is 10.7. The minimum absolute atomic E-state index is 0.133. The van der Waals surface area contributed by atoms with E-state index in [1.807, 2.05) is 6.92 Å². The second kappa shape index (κ2) is 15.8. The highest BCUT2D eigenvalue weighted by atomic mass is 16.6. The zero-order chi connectivity index (χ0) is 16.6. The van der Waals surface area contributed by atoms with Crippen LogP contribution in [0.15, 0.2) is 0 Å². The Labute approximate surface area is 138 Å². The zero-order valence-corrected chi connectivity index (χ0v) is 15.5. The highest BCUT2D eigenvalue weighted by molar-refractivity contribution is 4.62. The first kappa shape index (κ1) is 21.9. The Bertz CT molecular complexity index is 221. The van der Waals surface area contributed by atoms with E-state index in [-0.39, 0.29) is 6.10 Å². The maximum absolute atomic E-state index is 9.58. The molecule has 1 N–H and O–H groups in total. The molecule has 0 heterocycles. The van der Waals surface area contributed by atoms with Crippen molar-refractivity contribution in [1.29, 1.82) is 0 Å². The molecule has 0 aromatic rings. The van der Waals surface area contributed by atoms with Gasteiger partial charge in [-0.25, -0.2) is 0 Å². The molecular formula is C19H40O3. The van der Waals surface area contributed by atoms with Crippen molar-refractivity contribution >= 4 is 0 Å². The van der Waals surface area contributed by atoms with Crippen molar-refractivity contribution in [2.24, 2.45) is 5.92 Å². The number of ether oxygens (including phenoxy) is 2. The quantitative estimate of drug-likeness (QED) is 0.310. The Hall–Kier alpha value is -0.120. The minimum atomic E-state index is -0.649. The van der Waals surface area contributed by atoms with Gasteiger partial charge in [-0.1, -0.05) is 72.6 Å². The van der Waals surface area contributed by atoms with Crippen LogP contribution in [-0.2, 0) is 9.47 Å². The van der Waals surface area contributed by atoms with E-state index in [9.17, 15) is 5.11 Å². The fraction of sp³-hybridized carbons (Fsp3) is 1.00. The SMILES string of the molecule is CCCCCCC(COC(O)CC)OCC(CC)CCCC. The summed E-state index contributed by atoms with van der Waals surface area (Å²) in [6.45, 7) is 10.0. The third-order valence-corrected chi connectivity index (χ3v) is 4.31. The molecule has 0 aliphatic heterocycles. The number of hydrogen-bond donors (Lipinski definition) is 1. The Morgan fingerprint density at radius 2 is 1.45 bits per heavy atom. The summed E-state index contributed by atoms with van der Waals surface area (Å²) in [7, 11) is 0. The van der Waals surface area contributed by atoms with Gasteiger partial charge >= 0.3 is 0 Å². The Morgan fingerprint density at radius 3 is 2.05 bits per heavy atom. The summed E-state index contributed by atoms with van der Waals surface area (Å²) < 4.78 is 11.6. The van der Waals surface area contributed by atoms with E-state index in [4.69, 9.17) is 9.47 Å². The molecular weight excluding hydrogens is 276 g/mol. The van der Waals surface area contributed by atoms with Gasteiger partial charge in [-0.2, -0.15) is 0 Å². The molecule has 0 radical (unpaired) electrons. The lowest BCUT2D eigenvalue weighted by molar-refractivity contribution is -0.135. The van der Waals surface area contributed by atoms with Gasteiger partial charge in [0.25, 0.3) is 0 Å². The van der Waals surface area contributed by atoms with E-state index in [1.165, 1.54) is 51.4 Å². The molecule has 0 spiro atoms. The lowest BCUT2D eigenvalue weighted by Crippen LogP contribution is -2.26. The van der Waals surface area contributed by atoms with Gasteiger partial charge in [0.05, 0.1) is 12.7 Å². The normalized spacial score (nSPS) is 15.7. The summed E-state index contributed by atoms with van der Waals surface area (Å²) in [4.78, 5) is 0. The molecule has 0 aliphatic rings. The third kappa shape index (κ3) is 12.4. The summed E-state index contributed by atoms with van der Waals surface area (Å²) in [6, 6.07) is 0. The average Bonchev–Trinajstić information content (AvgIpc) is 2.55. The van der Waals surface area contributed by atoms with E-state index < -0.39 is 6.29 Å². The van der Waals surface area contributed by atoms with Crippen LogP contribution >= 0.6 is 0 Å². The van der Waals surface area contributed by atoms with Crippen molar-refractivity contribution in [1.82, 2.24) is 0 Å². The predicted molar refractivity (Wildman–Crippen MR) is 94.1 cm³/mol. The second-order valence-electron chi connectivity index (χ2n) is 6.42. The van der Waals surface area contributed by atoms with Crippen LogP contribution in [0.2, 0.25) is 0 Å². The van der Waals surface area contributed by atoms with Crippen molar-refractivity contribution in [2.45, 2.75) is 104 Å². The van der Waals surface area contributed by atoms with Gasteiger partial charge in [-0.05, 0) is 25.2 Å². The standard InChI is InChI=1S/C19H40O3/c1-5-9-11-12-14-18(16-22-19(20)8-4)21-15-17(7-3)13-10-6-2/h17-20H,5-16H2,1-4H3. The van der Waals surface area contributed by atoms with E-state index in [0.717, 1.165) is 13.0 Å². The molecule has 3 atom stereocenters. The minimum Gasteiger partial charge on any atom is -0.376 e. The molecule has 0 rings (SSSR count). The molecule has 0 amide bonds. The van der Waals surface area contributed by atoms with Crippen LogP contribution in [0, 0.1) is 5.92 Å². The molecule has 0 aromatic carbocycles. The number of rotatable bonds is 16. The van der Waals surface area contributed by atoms with Crippen LogP contribution < -0.4 is 0 Å². The van der Waals surface area contributed by atoms with Gasteiger partial charge in [0.2, 0.25) is 0 Å². The number of hydrogen-bond acceptors (Lipinski definition) is 3. The topological polar surface area (TPSA) is 38.7 Å². The molecule has 22 heavy (non-hydrogen) atoms. The summed E-state index contributed by atoms with van der Waals surface area (Å²) in [5.41, 5.74) is 0. The zero-order valence-electron chi connectivity index (χ0n) is 15.5. The van der Waals surface area contributed by atoms with Crippen LogP contribution in [0.4, 0.5) is 0 Å². The number of unbranched alkanes of at least 4 members (excludes halogenated alkanes) is 4. The van der Waals surface area contributed by atoms with E-state index in [0.29, 0.717) is 18.9 Å². The second-order valence-corrected chi connectivity index (χ2v) is 6.42. The smallest absolute Gasteiger partial charge is 0.154 e. The fourth-order valence-corrected chi connectivity index (χ4v) is 2.52. The summed E-state index contributed by atoms with van der Waals surface area (Å²) in [5, 5.41) is 9.58. The highest BCUT2D eigenvalue weighted by Crippen LogP contribution is 2.16. The van der Waals surface area contributed by atoms with Gasteiger partial charge in [0.15, 0.2) is 6.29 Å². The summed E-state index contributed by atoms with van der Waals surface area (Å²) >= 11 is 0. The van der Waals surface area contributed by atoms with Crippen LogP contribution in [0.5, 0.6) is 0 Å². The predicted octanol–water partition coefficient (Wildman–Crippen LogP) is 5.30. The Balaban J connectivity index is 4.12. The van der Waals surface area contributed by atoms with E-state index in [1.54, 1.807) is 0 Å². The molecule has 3 unspecified atom stereocenters. The van der Waals surface area contributed by atoms with Crippen LogP contribution in [-0.4, -0.2) is 30.7 Å². The molecule has 3 nitrogen and oxygen atoms in total. The maximum Gasteiger partial charge on any atom is 0.154 e. The fourth-order valence-electron chi connectivity index (χ4n) is 2.52. The van der Waals surface area contributed by atoms with Gasteiger partial charge in [-0.15, -0.1) is 0 Å². The third-order valence-electron chi connectivity index (χ3n) is 4.31. The monoisotopic (exact) mass is 316 g/mol. The van der Waals surface area contributed by atoms with Gasteiger partial charge in [0.1, 0.15) is 0 Å². The van der Waals surface area contributed by atoms with Gasteiger partial charge in [0, 0.05) is 6.61 Å². The Morgan fingerprint density at radius 1 is 0.727 bits per heavy atom. The molecule has 0 aromatic heterocycles. The van der Waals surface area contributed by atoms with Crippen LogP contribution in [0.25, 0.3) is 0 Å². The average molecular weight is 317 g/mol. The van der Waals surface area contributed by atoms with Crippen molar-refractivity contribution < 1.29 is 14.6 Å². The van der Waals surface area contributed by atoms with Crippen molar-refractivity contribution in [2.75, 3.05) is 13.2 Å². The molecule has 134 valence electrons. The van der Waals surface area contributed by atoms with Crippen LogP contribution in [0.3, 0.4) is 0 Å². The number of aliphatic hydroxyl groups excluding tert-OH is 1. The summed E-state index contributed by atoms with van der Waals surface area (Å²) in [6.07, 6.45) is 11.1. The maximum atomic E-state index is 9.58. The molecule has 3 heteroatoms. The lowest BCUT2D eigenvalue weighted by atomic mass is 10.0. The van der Waals surface area contributed by atoms with Gasteiger partial charge < -0.3 is 14.6 Å². The van der Waals surface area contributed by atoms with Gasteiger partial charge in [-0.3, -0.25) is 0 Å². The molecule has 0 aliphatic carbocycles. The Kier molecular flexibility index (Phi) is 15.7. The molecule has 0 fully saturated rings. The lowest BCUT2D eigenvalue weighted by Gasteiger charge is -2.23. The molecule has 0 saturated heterocycles. The van der Waals surface area contributed by atoms with E-state index >= 15 is 0 Å². The highest BCUT2D eigenvalue weighted by Gasteiger charge is 2.14. The van der Waals surface area contributed by atoms with Crippen molar-refractivity contribution in [3.05, 3.63) is 0 Å². The van der Waals surface area contributed by atoms with Crippen molar-refractivity contribution in [3.8, 4) is 0 Å². The largest absolute Gasteiger partial charge is 0.376 e. The van der Waals surface area contributed by atoms with Crippen LogP contribution in [0.1, 0.15) is 91.9 Å². The number of aliphatic hydroxyl groups is 1. The summed E-state index contributed by atoms with van der Waals surface area (Å²) in [5.74, 6) is 0.661. The first-order valence-corrected chi connectivity index (χ1v) is 9.58. The van der Waals surface area contributed by atoms with Crippen molar-refractivity contribution in [3.63, 3.8) is 0 Å². The first-order valence-electron chi connectivity index (χ1n) is 9.58.